The van der Waals surface area contributed by atoms with Gasteiger partial charge in [-0.2, -0.15) is 17.6 Å². The average molecular weight is 595 g/mol. The molecule has 0 radical (unpaired) electrons. The Hall–Kier alpha value is -1.23. The summed E-state index contributed by atoms with van der Waals surface area (Å²) in [4.78, 5) is 12.3. The highest BCUT2D eigenvalue weighted by Crippen LogP contribution is 2.51. The predicted octanol–water partition coefficient (Wildman–Crippen LogP) is 2.78. The first-order chi connectivity index (χ1) is 14.8. The lowest BCUT2D eigenvalue weighted by molar-refractivity contribution is -0.232. The van der Waals surface area contributed by atoms with Crippen LogP contribution >= 0.6 is 22.6 Å². The molecule has 1 aromatic rings. The van der Waals surface area contributed by atoms with Gasteiger partial charge in [0.25, 0.3) is 0 Å². The summed E-state index contributed by atoms with van der Waals surface area (Å²) >= 11 is 2.15. The summed E-state index contributed by atoms with van der Waals surface area (Å²) in [6.07, 6.45) is -2.89. The molecule has 14 heteroatoms. The Morgan fingerprint density at radius 3 is 2.66 bits per heavy atom. The van der Waals surface area contributed by atoms with Gasteiger partial charge in [0.1, 0.15) is 11.9 Å². The quantitative estimate of drug-likeness (QED) is 0.214. The smallest absolute Gasteiger partial charge is 0.396 e. The second kappa shape index (κ2) is 7.92. The van der Waals surface area contributed by atoms with Crippen molar-refractivity contribution in [3.05, 3.63) is 27.3 Å². The molecule has 1 aromatic carbocycles. The van der Waals surface area contributed by atoms with E-state index in [1.807, 2.05) is 12.1 Å². The van der Waals surface area contributed by atoms with Crippen LogP contribution in [0.5, 0.6) is 5.75 Å². The lowest BCUT2D eigenvalue weighted by atomic mass is 9.84. The summed E-state index contributed by atoms with van der Waals surface area (Å²) in [6, 6.07) is 5.52. The summed E-state index contributed by atoms with van der Waals surface area (Å²) in [5.41, 5.74) is 0.885. The summed E-state index contributed by atoms with van der Waals surface area (Å²) < 4.78 is 108. The molecule has 0 aliphatic carbocycles. The number of alkyl halides is 4. The van der Waals surface area contributed by atoms with Gasteiger partial charge in [0, 0.05) is 15.6 Å². The summed E-state index contributed by atoms with van der Waals surface area (Å²) in [5, 5.41) is -5.82. The van der Waals surface area contributed by atoms with Gasteiger partial charge in [-0.05, 0) is 41.1 Å². The zero-order valence-corrected chi connectivity index (χ0v) is 19.0. The SMILES string of the molecule is O=C(OCCC(F)(F)C(F)(F)S(=O)(=O)[O-])C1CC2OC1CC21OCc2c(I)cccc2O1. The van der Waals surface area contributed by atoms with E-state index in [9.17, 15) is 35.3 Å². The van der Waals surface area contributed by atoms with Gasteiger partial charge in [-0.1, -0.05) is 6.07 Å². The Morgan fingerprint density at radius 1 is 1.31 bits per heavy atom. The molecule has 8 nitrogen and oxygen atoms in total. The van der Waals surface area contributed by atoms with Crippen molar-refractivity contribution in [3.63, 3.8) is 0 Å². The van der Waals surface area contributed by atoms with Gasteiger partial charge in [0.2, 0.25) is 5.79 Å². The van der Waals surface area contributed by atoms with Crippen LogP contribution in [0.3, 0.4) is 0 Å². The lowest BCUT2D eigenvalue weighted by Crippen LogP contribution is -2.52. The fourth-order valence-corrected chi connectivity index (χ4v) is 5.13. The minimum absolute atomic E-state index is 0.101. The summed E-state index contributed by atoms with van der Waals surface area (Å²) in [7, 11) is -6.60. The maximum absolute atomic E-state index is 13.5. The van der Waals surface area contributed by atoms with E-state index >= 15 is 0 Å². The second-order valence-electron chi connectivity index (χ2n) is 7.72. The van der Waals surface area contributed by atoms with Gasteiger partial charge in [-0.25, -0.2) is 8.42 Å². The standard InChI is InChI=1S/C18H17F4IO8S/c19-17(20,18(21,22)32(25,26)27)4-5-28-15(24)9-6-14-16(7-13(9)30-14)29-8-10-11(23)2-1-3-12(10)31-16/h1-3,9,13-14H,4-8H2,(H,25,26,27)/p-1. The van der Waals surface area contributed by atoms with Crippen molar-refractivity contribution >= 4 is 38.7 Å². The molecule has 2 fully saturated rings. The van der Waals surface area contributed by atoms with Crippen molar-refractivity contribution in [2.24, 2.45) is 5.92 Å². The number of fused-ring (bicyclic) bond motifs is 4. The van der Waals surface area contributed by atoms with E-state index in [1.54, 1.807) is 6.07 Å². The van der Waals surface area contributed by atoms with Crippen LogP contribution < -0.4 is 4.74 Å². The van der Waals surface area contributed by atoms with Crippen LogP contribution in [-0.2, 0) is 35.7 Å². The normalized spacial score (nSPS) is 29.6. The highest BCUT2D eigenvalue weighted by molar-refractivity contribution is 14.1. The van der Waals surface area contributed by atoms with Crippen LogP contribution in [0.4, 0.5) is 17.6 Å². The second-order valence-corrected chi connectivity index (χ2v) is 10.3. The Kier molecular flexibility index (Phi) is 5.92. The Labute approximate surface area is 193 Å². The van der Waals surface area contributed by atoms with E-state index < -0.39 is 64.2 Å². The van der Waals surface area contributed by atoms with E-state index in [1.165, 1.54) is 0 Å². The molecule has 0 saturated carbocycles. The largest absolute Gasteiger partial charge is 0.743 e. The molecule has 4 unspecified atom stereocenters. The molecule has 0 N–H and O–H groups in total. The van der Waals surface area contributed by atoms with Crippen molar-refractivity contribution in [1.82, 2.24) is 0 Å². The highest BCUT2D eigenvalue weighted by atomic mass is 127. The fraction of sp³-hybridized carbons (Fsp3) is 0.611. The van der Waals surface area contributed by atoms with Crippen LogP contribution in [0.25, 0.3) is 0 Å². The van der Waals surface area contributed by atoms with Gasteiger partial charge in [-0.3, -0.25) is 4.79 Å². The van der Waals surface area contributed by atoms with E-state index in [-0.39, 0.29) is 19.4 Å². The Balaban J connectivity index is 1.34. The van der Waals surface area contributed by atoms with Crippen LogP contribution in [0.2, 0.25) is 0 Å². The fourth-order valence-electron chi connectivity index (χ4n) is 4.04. The van der Waals surface area contributed by atoms with Gasteiger partial charge >= 0.3 is 17.1 Å². The molecule has 3 heterocycles. The molecular formula is C18H16F4IO8S-. The van der Waals surface area contributed by atoms with Crippen molar-refractivity contribution < 1.29 is 54.3 Å². The molecule has 4 atom stereocenters. The molecule has 3 aliphatic heterocycles. The molecule has 0 aromatic heterocycles. The third-order valence-corrected chi connectivity index (χ3v) is 7.69. The third-order valence-electron chi connectivity index (χ3n) is 5.75. The monoisotopic (exact) mass is 595 g/mol. The summed E-state index contributed by atoms with van der Waals surface area (Å²) in [6.45, 7) is -0.920. The molecule has 4 rings (SSSR count). The number of carbonyl (C=O) groups excluding carboxylic acids is 1. The minimum Gasteiger partial charge on any atom is -0.743 e. The number of carbonyl (C=O) groups is 1. The Morgan fingerprint density at radius 2 is 2.03 bits per heavy atom. The first kappa shape index (κ1) is 23.9. The molecule has 32 heavy (non-hydrogen) atoms. The molecule has 0 amide bonds. The van der Waals surface area contributed by atoms with Crippen molar-refractivity contribution in [2.45, 2.75) is 55.0 Å². The molecule has 2 saturated heterocycles. The van der Waals surface area contributed by atoms with Gasteiger partial charge in [0.05, 0.1) is 31.7 Å². The van der Waals surface area contributed by atoms with Gasteiger partial charge < -0.3 is 23.5 Å². The minimum atomic E-state index is -6.60. The van der Waals surface area contributed by atoms with Crippen LogP contribution in [0.1, 0.15) is 24.8 Å². The third kappa shape index (κ3) is 3.86. The van der Waals surface area contributed by atoms with Gasteiger partial charge in [0.15, 0.2) is 10.1 Å². The number of esters is 1. The lowest BCUT2D eigenvalue weighted by Gasteiger charge is -2.40. The number of ether oxygens (including phenoxy) is 4. The first-order valence-corrected chi connectivity index (χ1v) is 11.9. The number of hydrogen-bond donors (Lipinski definition) is 0. The molecule has 178 valence electrons. The Bertz CT molecular complexity index is 1040. The predicted molar refractivity (Wildman–Crippen MR) is 104 cm³/mol. The van der Waals surface area contributed by atoms with Gasteiger partial charge in [-0.15, -0.1) is 0 Å². The molecular weight excluding hydrogens is 579 g/mol. The maximum Gasteiger partial charge on any atom is 0.396 e. The number of halogens is 5. The van der Waals surface area contributed by atoms with Crippen molar-refractivity contribution in [3.8, 4) is 5.75 Å². The van der Waals surface area contributed by atoms with E-state index in [0.29, 0.717) is 5.75 Å². The van der Waals surface area contributed by atoms with E-state index in [0.717, 1.165) is 9.13 Å². The zero-order valence-electron chi connectivity index (χ0n) is 16.1. The molecule has 3 aliphatic rings. The van der Waals surface area contributed by atoms with Crippen LogP contribution in [0, 0.1) is 9.49 Å². The average Bonchev–Trinajstić information content (AvgIpc) is 3.25. The van der Waals surface area contributed by atoms with E-state index in [2.05, 4.69) is 27.3 Å². The van der Waals surface area contributed by atoms with Crippen LogP contribution in [0.15, 0.2) is 18.2 Å². The topological polar surface area (TPSA) is 111 Å². The first-order valence-electron chi connectivity index (χ1n) is 9.41. The highest BCUT2D eigenvalue weighted by Gasteiger charge is 2.63. The maximum atomic E-state index is 13.5. The van der Waals surface area contributed by atoms with E-state index in [4.69, 9.17) is 14.2 Å². The zero-order chi connectivity index (χ0) is 23.5. The summed E-state index contributed by atoms with van der Waals surface area (Å²) in [5.74, 6) is -7.47. The molecule has 2 bridgehead atoms. The number of hydrogen-bond acceptors (Lipinski definition) is 8. The number of benzene rings is 1. The number of rotatable bonds is 6. The van der Waals surface area contributed by atoms with Crippen LogP contribution in [-0.4, -0.2) is 54.7 Å². The molecule has 1 spiro atoms. The van der Waals surface area contributed by atoms with Crippen molar-refractivity contribution in [2.75, 3.05) is 6.61 Å². The van der Waals surface area contributed by atoms with Crippen molar-refractivity contribution in [1.29, 1.82) is 0 Å².